The second-order valence-electron chi connectivity index (χ2n) is 4.28. The summed E-state index contributed by atoms with van der Waals surface area (Å²) in [6.07, 6.45) is 0. The fourth-order valence-corrected chi connectivity index (χ4v) is 2.56. The van der Waals surface area contributed by atoms with Crippen LogP contribution in [-0.2, 0) is 0 Å². The van der Waals surface area contributed by atoms with Crippen LogP contribution in [0.25, 0.3) is 0 Å². The van der Waals surface area contributed by atoms with Crippen LogP contribution in [0.15, 0.2) is 40.9 Å². The molecule has 2 nitrogen and oxygen atoms in total. The van der Waals surface area contributed by atoms with Crippen molar-refractivity contribution in [2.45, 2.75) is 6.04 Å². The van der Waals surface area contributed by atoms with Gasteiger partial charge in [-0.2, -0.15) is 0 Å². The Hall–Kier alpha value is -1.10. The van der Waals surface area contributed by atoms with Crippen LogP contribution in [0.1, 0.15) is 17.2 Å². The predicted octanol–water partition coefficient (Wildman–Crippen LogP) is 4.56. The van der Waals surface area contributed by atoms with Crippen molar-refractivity contribution in [1.29, 1.82) is 0 Å². The number of methoxy groups -OCH3 is 1. The van der Waals surface area contributed by atoms with Gasteiger partial charge in [0.15, 0.2) is 0 Å². The molecule has 0 aliphatic rings. The van der Waals surface area contributed by atoms with E-state index in [0.717, 1.165) is 15.6 Å². The van der Waals surface area contributed by atoms with E-state index in [9.17, 15) is 4.39 Å². The van der Waals surface area contributed by atoms with Crippen LogP contribution in [0.3, 0.4) is 0 Å². The highest BCUT2D eigenvalue weighted by Gasteiger charge is 2.18. The maximum Gasteiger partial charge on any atom is 0.124 e. The smallest absolute Gasteiger partial charge is 0.124 e. The van der Waals surface area contributed by atoms with E-state index in [1.807, 2.05) is 25.2 Å². The summed E-state index contributed by atoms with van der Waals surface area (Å²) in [4.78, 5) is 0. The second-order valence-corrected chi connectivity index (χ2v) is 5.54. The fourth-order valence-electron chi connectivity index (χ4n) is 2.12. The molecule has 2 rings (SSSR count). The Bertz CT molecular complexity index is 621. The third-order valence-corrected chi connectivity index (χ3v) is 4.30. The monoisotopic (exact) mass is 357 g/mol. The largest absolute Gasteiger partial charge is 0.496 e. The molecular weight excluding hydrogens is 345 g/mol. The molecule has 0 fully saturated rings. The van der Waals surface area contributed by atoms with E-state index in [1.165, 1.54) is 12.1 Å². The molecule has 0 radical (unpaired) electrons. The fraction of sp³-hybridized carbons (Fsp3) is 0.200. The van der Waals surface area contributed by atoms with Crippen molar-refractivity contribution in [1.82, 2.24) is 5.32 Å². The van der Waals surface area contributed by atoms with Gasteiger partial charge in [0, 0.05) is 10.0 Å². The van der Waals surface area contributed by atoms with Crippen LogP contribution in [0.5, 0.6) is 5.75 Å². The van der Waals surface area contributed by atoms with E-state index in [0.29, 0.717) is 10.8 Å². The van der Waals surface area contributed by atoms with Gasteiger partial charge in [0.25, 0.3) is 0 Å². The lowest BCUT2D eigenvalue weighted by molar-refractivity contribution is 0.404. The lowest BCUT2D eigenvalue weighted by Gasteiger charge is -2.20. The lowest BCUT2D eigenvalue weighted by Crippen LogP contribution is -2.18. The van der Waals surface area contributed by atoms with Gasteiger partial charge in [0.2, 0.25) is 0 Å². The highest BCUT2D eigenvalue weighted by Crippen LogP contribution is 2.33. The molecule has 0 amide bonds. The predicted molar refractivity (Wildman–Crippen MR) is 83.0 cm³/mol. The van der Waals surface area contributed by atoms with Gasteiger partial charge in [-0.1, -0.05) is 17.7 Å². The van der Waals surface area contributed by atoms with Crippen LogP contribution in [0, 0.1) is 5.82 Å². The Morgan fingerprint density at radius 2 is 2.00 bits per heavy atom. The Labute approximate surface area is 131 Å². The van der Waals surface area contributed by atoms with Crippen molar-refractivity contribution in [2.75, 3.05) is 14.2 Å². The highest BCUT2D eigenvalue weighted by atomic mass is 79.9. The molecule has 0 saturated heterocycles. The van der Waals surface area contributed by atoms with Gasteiger partial charge in [-0.25, -0.2) is 4.39 Å². The molecule has 106 valence electrons. The summed E-state index contributed by atoms with van der Waals surface area (Å²) in [5.41, 5.74) is 1.66. The molecule has 1 atom stereocenters. The van der Waals surface area contributed by atoms with Crippen molar-refractivity contribution < 1.29 is 9.13 Å². The molecule has 0 aliphatic carbocycles. The van der Waals surface area contributed by atoms with E-state index in [4.69, 9.17) is 16.3 Å². The number of benzene rings is 2. The van der Waals surface area contributed by atoms with E-state index in [2.05, 4.69) is 21.2 Å². The quantitative estimate of drug-likeness (QED) is 0.865. The zero-order chi connectivity index (χ0) is 14.7. The maximum absolute atomic E-state index is 13.5. The summed E-state index contributed by atoms with van der Waals surface area (Å²) in [6, 6.07) is 9.91. The molecule has 2 aromatic rings. The Morgan fingerprint density at radius 3 is 2.60 bits per heavy atom. The van der Waals surface area contributed by atoms with E-state index < -0.39 is 0 Å². The first-order valence-corrected chi connectivity index (χ1v) is 7.19. The van der Waals surface area contributed by atoms with Crippen molar-refractivity contribution in [3.63, 3.8) is 0 Å². The molecule has 2 aromatic carbocycles. The second kappa shape index (κ2) is 6.57. The van der Waals surface area contributed by atoms with E-state index >= 15 is 0 Å². The van der Waals surface area contributed by atoms with E-state index in [1.54, 1.807) is 13.2 Å². The Morgan fingerprint density at radius 1 is 1.25 bits per heavy atom. The molecule has 0 aliphatic heterocycles. The molecule has 0 aromatic heterocycles. The van der Waals surface area contributed by atoms with Gasteiger partial charge in [0.05, 0.1) is 18.2 Å². The number of hydrogen-bond acceptors (Lipinski definition) is 2. The third kappa shape index (κ3) is 3.14. The molecular formula is C15H14BrClFNO. The van der Waals surface area contributed by atoms with Crippen molar-refractivity contribution in [2.24, 2.45) is 0 Å². The molecule has 0 bridgehead atoms. The van der Waals surface area contributed by atoms with Gasteiger partial charge >= 0.3 is 0 Å². The normalized spacial score (nSPS) is 12.2. The zero-order valence-electron chi connectivity index (χ0n) is 11.1. The Kier molecular flexibility index (Phi) is 5.02. The van der Waals surface area contributed by atoms with E-state index in [-0.39, 0.29) is 11.9 Å². The standard InChI is InChI=1S/C15H14BrClFNO/c1-19-15(9-3-5-12(16)13(17)7-9)11-8-10(18)4-6-14(11)20-2/h3-8,15,19H,1-2H3. The summed E-state index contributed by atoms with van der Waals surface area (Å²) < 4.78 is 19.7. The van der Waals surface area contributed by atoms with Crippen molar-refractivity contribution >= 4 is 27.5 Å². The van der Waals surface area contributed by atoms with Gasteiger partial charge in [-0.15, -0.1) is 0 Å². The highest BCUT2D eigenvalue weighted by molar-refractivity contribution is 9.10. The Balaban J connectivity index is 2.51. The average molecular weight is 359 g/mol. The van der Waals surface area contributed by atoms with Gasteiger partial charge in [-0.3, -0.25) is 0 Å². The molecule has 20 heavy (non-hydrogen) atoms. The van der Waals surface area contributed by atoms with Crippen molar-refractivity contribution in [3.05, 3.63) is 62.8 Å². The number of hydrogen-bond donors (Lipinski definition) is 1. The van der Waals surface area contributed by atoms with Crippen LogP contribution >= 0.6 is 27.5 Å². The summed E-state index contributed by atoms with van der Waals surface area (Å²) >= 11 is 9.49. The van der Waals surface area contributed by atoms with Gasteiger partial charge in [-0.05, 0) is 58.9 Å². The first-order valence-electron chi connectivity index (χ1n) is 6.02. The van der Waals surface area contributed by atoms with Crippen LogP contribution < -0.4 is 10.1 Å². The zero-order valence-corrected chi connectivity index (χ0v) is 13.4. The molecule has 5 heteroatoms. The topological polar surface area (TPSA) is 21.3 Å². The minimum atomic E-state index is -0.302. The maximum atomic E-state index is 13.5. The summed E-state index contributed by atoms with van der Waals surface area (Å²) in [5.74, 6) is 0.328. The van der Waals surface area contributed by atoms with Crippen LogP contribution in [0.2, 0.25) is 5.02 Å². The van der Waals surface area contributed by atoms with Gasteiger partial charge in [0.1, 0.15) is 11.6 Å². The number of ether oxygens (including phenoxy) is 1. The molecule has 0 spiro atoms. The number of rotatable bonds is 4. The third-order valence-electron chi connectivity index (χ3n) is 3.07. The van der Waals surface area contributed by atoms with Crippen LogP contribution in [-0.4, -0.2) is 14.2 Å². The minimum absolute atomic E-state index is 0.203. The lowest BCUT2D eigenvalue weighted by atomic mass is 9.98. The van der Waals surface area contributed by atoms with Crippen LogP contribution in [0.4, 0.5) is 4.39 Å². The average Bonchev–Trinajstić information content (AvgIpc) is 2.44. The van der Waals surface area contributed by atoms with Gasteiger partial charge < -0.3 is 10.1 Å². The minimum Gasteiger partial charge on any atom is -0.496 e. The molecule has 1 unspecified atom stereocenters. The summed E-state index contributed by atoms with van der Waals surface area (Å²) in [7, 11) is 3.38. The molecule has 0 saturated carbocycles. The first-order chi connectivity index (χ1) is 9.56. The summed E-state index contributed by atoms with van der Waals surface area (Å²) in [5, 5.41) is 3.77. The van der Waals surface area contributed by atoms with Crippen molar-refractivity contribution in [3.8, 4) is 5.75 Å². The summed E-state index contributed by atoms with van der Waals surface area (Å²) in [6.45, 7) is 0. The SMILES string of the molecule is CNC(c1ccc(Br)c(Cl)c1)c1cc(F)ccc1OC. The molecule has 0 heterocycles. The number of nitrogens with one attached hydrogen (secondary N) is 1. The first kappa shape index (κ1) is 15.3. The number of halogens is 3. The molecule has 1 N–H and O–H groups in total.